The van der Waals surface area contributed by atoms with Crippen molar-refractivity contribution < 1.29 is 9.53 Å². The molecule has 1 amide bonds. The number of aromatic nitrogens is 1. The third-order valence-corrected chi connectivity index (χ3v) is 2.88. The third kappa shape index (κ3) is 3.46. The van der Waals surface area contributed by atoms with Crippen molar-refractivity contribution in [3.63, 3.8) is 0 Å². The first-order chi connectivity index (χ1) is 9.60. The molecule has 0 saturated heterocycles. The third-order valence-electron chi connectivity index (χ3n) is 2.58. The Morgan fingerprint density at radius 1 is 1.40 bits per heavy atom. The second-order valence-corrected chi connectivity index (χ2v) is 4.56. The van der Waals surface area contributed by atoms with Crippen molar-refractivity contribution in [3.05, 3.63) is 52.7 Å². The van der Waals surface area contributed by atoms with Crippen LogP contribution in [0.4, 0.5) is 11.5 Å². The molecular formula is C14H14ClN3O2. The van der Waals surface area contributed by atoms with E-state index in [2.05, 4.69) is 10.3 Å². The summed E-state index contributed by atoms with van der Waals surface area (Å²) in [4.78, 5) is 16.0. The quantitative estimate of drug-likeness (QED) is 0.908. The molecule has 5 nitrogen and oxygen atoms in total. The zero-order valence-corrected chi connectivity index (χ0v) is 11.6. The Balaban J connectivity index is 2.19. The van der Waals surface area contributed by atoms with Crippen molar-refractivity contribution in [2.75, 3.05) is 18.2 Å². The Hall–Kier alpha value is -2.11. The highest BCUT2D eigenvalue weighted by Gasteiger charge is 2.13. The van der Waals surface area contributed by atoms with Crippen LogP contribution < -0.4 is 11.1 Å². The topological polar surface area (TPSA) is 77.2 Å². The Bertz CT molecular complexity index is 632. The lowest BCUT2D eigenvalue weighted by Crippen LogP contribution is -2.15. The summed E-state index contributed by atoms with van der Waals surface area (Å²) in [5.74, 6) is -0.162. The van der Waals surface area contributed by atoms with E-state index in [1.807, 2.05) is 18.2 Å². The molecule has 1 heterocycles. The van der Waals surface area contributed by atoms with Gasteiger partial charge in [-0.25, -0.2) is 4.98 Å². The molecular weight excluding hydrogens is 278 g/mol. The molecule has 0 spiro atoms. The molecule has 0 radical (unpaired) electrons. The van der Waals surface area contributed by atoms with Gasteiger partial charge in [0.25, 0.3) is 5.91 Å². The Labute approximate surface area is 121 Å². The van der Waals surface area contributed by atoms with Crippen molar-refractivity contribution in [1.29, 1.82) is 0 Å². The van der Waals surface area contributed by atoms with Gasteiger partial charge in [0.1, 0.15) is 11.5 Å². The molecule has 3 N–H and O–H groups in total. The number of nitrogens with zero attached hydrogens (tertiary/aromatic N) is 1. The summed E-state index contributed by atoms with van der Waals surface area (Å²) in [6, 6.07) is 10.4. The Morgan fingerprint density at radius 2 is 2.20 bits per heavy atom. The number of nitrogens with one attached hydrogen (secondary N) is 1. The van der Waals surface area contributed by atoms with Crippen LogP contribution >= 0.6 is 11.6 Å². The summed E-state index contributed by atoms with van der Waals surface area (Å²) in [6.45, 7) is 0.473. The van der Waals surface area contributed by atoms with Crippen LogP contribution in [-0.2, 0) is 11.3 Å². The lowest BCUT2D eigenvalue weighted by atomic mass is 10.2. The van der Waals surface area contributed by atoms with Gasteiger partial charge >= 0.3 is 0 Å². The van der Waals surface area contributed by atoms with Gasteiger partial charge in [-0.3, -0.25) is 4.79 Å². The number of pyridine rings is 1. The minimum Gasteiger partial charge on any atom is -0.384 e. The number of hydrogen-bond donors (Lipinski definition) is 2. The second kappa shape index (κ2) is 6.36. The molecule has 2 aromatic rings. The SMILES string of the molecule is COCc1cccc(NC(=O)c2nc(N)ccc2Cl)c1. The highest BCUT2D eigenvalue weighted by atomic mass is 35.5. The average Bonchev–Trinajstić information content (AvgIpc) is 2.42. The number of nitrogen functional groups attached to an aromatic ring is 1. The van der Waals surface area contributed by atoms with E-state index in [0.717, 1.165) is 5.56 Å². The van der Waals surface area contributed by atoms with E-state index in [-0.39, 0.29) is 16.5 Å². The molecule has 2 rings (SSSR count). The highest BCUT2D eigenvalue weighted by Crippen LogP contribution is 2.18. The summed E-state index contributed by atoms with van der Waals surface area (Å²) in [7, 11) is 1.61. The van der Waals surface area contributed by atoms with Gasteiger partial charge in [-0.2, -0.15) is 0 Å². The largest absolute Gasteiger partial charge is 0.384 e. The first kappa shape index (κ1) is 14.3. The zero-order valence-electron chi connectivity index (χ0n) is 10.9. The van der Waals surface area contributed by atoms with E-state index < -0.39 is 5.91 Å². The van der Waals surface area contributed by atoms with Gasteiger partial charge in [-0.05, 0) is 29.8 Å². The summed E-state index contributed by atoms with van der Waals surface area (Å²) in [5.41, 5.74) is 7.26. The number of rotatable bonds is 4. The molecule has 0 aliphatic heterocycles. The van der Waals surface area contributed by atoms with Crippen LogP contribution in [0.25, 0.3) is 0 Å². The average molecular weight is 292 g/mol. The number of halogens is 1. The summed E-state index contributed by atoms with van der Waals surface area (Å²) >= 11 is 5.94. The Morgan fingerprint density at radius 3 is 2.95 bits per heavy atom. The molecule has 0 bridgehead atoms. The van der Waals surface area contributed by atoms with Crippen LogP contribution in [0.3, 0.4) is 0 Å². The fraction of sp³-hybridized carbons (Fsp3) is 0.143. The smallest absolute Gasteiger partial charge is 0.275 e. The van der Waals surface area contributed by atoms with Crippen LogP contribution in [0.1, 0.15) is 16.1 Å². The molecule has 0 aliphatic rings. The van der Waals surface area contributed by atoms with Crippen LogP contribution in [0.5, 0.6) is 0 Å². The maximum absolute atomic E-state index is 12.1. The molecule has 0 aliphatic carbocycles. The van der Waals surface area contributed by atoms with E-state index in [1.54, 1.807) is 25.3 Å². The predicted octanol–water partition coefficient (Wildman–Crippen LogP) is 2.72. The predicted molar refractivity (Wildman–Crippen MR) is 78.8 cm³/mol. The van der Waals surface area contributed by atoms with E-state index in [4.69, 9.17) is 22.1 Å². The van der Waals surface area contributed by atoms with Crippen LogP contribution in [0.15, 0.2) is 36.4 Å². The zero-order chi connectivity index (χ0) is 14.5. The fourth-order valence-corrected chi connectivity index (χ4v) is 1.90. The lowest BCUT2D eigenvalue weighted by Gasteiger charge is -2.08. The minimum atomic E-state index is -0.406. The maximum Gasteiger partial charge on any atom is 0.275 e. The minimum absolute atomic E-state index is 0.101. The van der Waals surface area contributed by atoms with E-state index in [0.29, 0.717) is 12.3 Å². The number of carbonyl (C=O) groups is 1. The van der Waals surface area contributed by atoms with Crippen molar-refractivity contribution in [2.24, 2.45) is 0 Å². The van der Waals surface area contributed by atoms with Gasteiger partial charge in [0.15, 0.2) is 0 Å². The Kier molecular flexibility index (Phi) is 4.55. The molecule has 0 atom stereocenters. The molecule has 1 aromatic carbocycles. The normalized spacial score (nSPS) is 10.3. The first-order valence-corrected chi connectivity index (χ1v) is 6.29. The first-order valence-electron chi connectivity index (χ1n) is 5.91. The summed E-state index contributed by atoms with van der Waals surface area (Å²) < 4.78 is 5.04. The number of ether oxygens (including phenoxy) is 1. The summed E-state index contributed by atoms with van der Waals surface area (Å²) in [5, 5.41) is 2.98. The number of carbonyl (C=O) groups excluding carboxylic acids is 1. The van der Waals surface area contributed by atoms with Crippen molar-refractivity contribution >= 4 is 29.0 Å². The molecule has 0 saturated carbocycles. The van der Waals surface area contributed by atoms with Crippen molar-refractivity contribution in [1.82, 2.24) is 4.98 Å². The number of amides is 1. The van der Waals surface area contributed by atoms with Crippen LogP contribution in [-0.4, -0.2) is 18.0 Å². The van der Waals surface area contributed by atoms with E-state index in [1.165, 1.54) is 0 Å². The highest BCUT2D eigenvalue weighted by molar-refractivity contribution is 6.34. The maximum atomic E-state index is 12.1. The van der Waals surface area contributed by atoms with Crippen molar-refractivity contribution in [2.45, 2.75) is 6.61 Å². The number of anilines is 2. The molecule has 104 valence electrons. The van der Waals surface area contributed by atoms with Gasteiger partial charge in [0.05, 0.1) is 11.6 Å². The summed E-state index contributed by atoms with van der Waals surface area (Å²) in [6.07, 6.45) is 0. The van der Waals surface area contributed by atoms with E-state index in [9.17, 15) is 4.79 Å². The molecule has 0 fully saturated rings. The van der Waals surface area contributed by atoms with Gasteiger partial charge < -0.3 is 15.8 Å². The standard InChI is InChI=1S/C14H14ClN3O2/c1-20-8-9-3-2-4-10(7-9)17-14(19)13-11(15)5-6-12(16)18-13/h2-7H,8H2,1H3,(H2,16,18)(H,17,19). The van der Waals surface area contributed by atoms with Crippen molar-refractivity contribution in [3.8, 4) is 0 Å². The number of hydrogen-bond acceptors (Lipinski definition) is 4. The van der Waals surface area contributed by atoms with Gasteiger partial charge in [-0.15, -0.1) is 0 Å². The fourth-order valence-electron chi connectivity index (χ4n) is 1.71. The molecule has 0 unspecified atom stereocenters. The molecule has 1 aromatic heterocycles. The number of benzene rings is 1. The molecule has 6 heteroatoms. The van der Waals surface area contributed by atoms with Gasteiger partial charge in [-0.1, -0.05) is 23.7 Å². The van der Waals surface area contributed by atoms with Gasteiger partial charge in [0, 0.05) is 12.8 Å². The second-order valence-electron chi connectivity index (χ2n) is 4.15. The van der Waals surface area contributed by atoms with Gasteiger partial charge in [0.2, 0.25) is 0 Å². The van der Waals surface area contributed by atoms with Crippen LogP contribution in [0.2, 0.25) is 5.02 Å². The van der Waals surface area contributed by atoms with E-state index >= 15 is 0 Å². The number of nitrogens with two attached hydrogens (primary N) is 1. The molecule has 20 heavy (non-hydrogen) atoms. The lowest BCUT2D eigenvalue weighted by molar-refractivity contribution is 0.102. The van der Waals surface area contributed by atoms with Crippen LogP contribution in [0, 0.1) is 0 Å². The monoisotopic (exact) mass is 291 g/mol. The number of methoxy groups -OCH3 is 1.